The van der Waals surface area contributed by atoms with Gasteiger partial charge in [-0.2, -0.15) is 0 Å². The van der Waals surface area contributed by atoms with Crippen molar-refractivity contribution in [2.75, 3.05) is 0 Å². The molecule has 1 aromatic carbocycles. The smallest absolute Gasteiger partial charge is 0.250 e. The lowest BCUT2D eigenvalue weighted by atomic mass is 10.3. The molecule has 4 heteroatoms. The van der Waals surface area contributed by atoms with Crippen molar-refractivity contribution >= 4 is 5.91 Å². The first-order valence-electron chi connectivity index (χ1n) is 4.40. The van der Waals surface area contributed by atoms with Crippen LogP contribution < -0.4 is 5.73 Å². The Morgan fingerprint density at radius 1 is 1.20 bits per heavy atom. The number of nitrogens with zero attached hydrogens (tertiary/aromatic N) is 1. The van der Waals surface area contributed by atoms with Crippen LogP contribution in [0.15, 0.2) is 42.7 Å². The van der Waals surface area contributed by atoms with Crippen LogP contribution >= 0.6 is 0 Å². The number of carbonyl (C=O) groups is 1. The van der Waals surface area contributed by atoms with Gasteiger partial charge in [0.1, 0.15) is 5.82 Å². The molecule has 0 atom stereocenters. The van der Waals surface area contributed by atoms with Crippen LogP contribution in [0.1, 0.15) is 10.4 Å². The lowest BCUT2D eigenvalue weighted by Crippen LogP contribution is -2.09. The SMILES string of the molecule is NC(=O)c1ccn(-c2ccc(F)cc2)c1. The molecule has 0 bridgehead atoms. The second-order valence-electron chi connectivity index (χ2n) is 3.15. The van der Waals surface area contributed by atoms with E-state index >= 15 is 0 Å². The van der Waals surface area contributed by atoms with Crippen molar-refractivity contribution < 1.29 is 9.18 Å². The maximum atomic E-state index is 12.7. The number of primary amides is 1. The van der Waals surface area contributed by atoms with E-state index in [2.05, 4.69) is 0 Å². The van der Waals surface area contributed by atoms with E-state index in [0.29, 0.717) is 5.56 Å². The Morgan fingerprint density at radius 3 is 2.40 bits per heavy atom. The number of nitrogens with two attached hydrogens (primary N) is 1. The van der Waals surface area contributed by atoms with Gasteiger partial charge in [0, 0.05) is 18.1 Å². The monoisotopic (exact) mass is 204 g/mol. The summed E-state index contributed by atoms with van der Waals surface area (Å²) in [6.45, 7) is 0. The number of hydrogen-bond donors (Lipinski definition) is 1. The minimum atomic E-state index is -0.476. The summed E-state index contributed by atoms with van der Waals surface area (Å²) < 4.78 is 14.4. The molecule has 15 heavy (non-hydrogen) atoms. The number of aromatic nitrogens is 1. The summed E-state index contributed by atoms with van der Waals surface area (Å²) in [5.74, 6) is -0.767. The predicted octanol–water partition coefficient (Wildman–Crippen LogP) is 1.72. The maximum absolute atomic E-state index is 12.7. The first-order chi connectivity index (χ1) is 7.16. The summed E-state index contributed by atoms with van der Waals surface area (Å²) in [7, 11) is 0. The Bertz CT molecular complexity index is 488. The van der Waals surface area contributed by atoms with Gasteiger partial charge in [0.25, 0.3) is 0 Å². The van der Waals surface area contributed by atoms with Crippen molar-refractivity contribution in [3.8, 4) is 5.69 Å². The van der Waals surface area contributed by atoms with Crippen LogP contribution in [0.3, 0.4) is 0 Å². The fraction of sp³-hybridized carbons (Fsp3) is 0. The average Bonchev–Trinajstić information content (AvgIpc) is 2.68. The maximum Gasteiger partial charge on any atom is 0.250 e. The van der Waals surface area contributed by atoms with Gasteiger partial charge in [0.05, 0.1) is 5.56 Å². The lowest BCUT2D eigenvalue weighted by molar-refractivity contribution is 0.100. The highest BCUT2D eigenvalue weighted by Crippen LogP contribution is 2.11. The van der Waals surface area contributed by atoms with Gasteiger partial charge >= 0.3 is 0 Å². The highest BCUT2D eigenvalue weighted by atomic mass is 19.1. The predicted molar refractivity (Wildman–Crippen MR) is 54.2 cm³/mol. The minimum Gasteiger partial charge on any atom is -0.366 e. The van der Waals surface area contributed by atoms with E-state index in [1.807, 2.05) is 0 Å². The highest BCUT2D eigenvalue weighted by molar-refractivity contribution is 5.92. The van der Waals surface area contributed by atoms with Crippen LogP contribution in [0.25, 0.3) is 5.69 Å². The molecule has 1 heterocycles. The zero-order valence-electron chi connectivity index (χ0n) is 7.85. The molecule has 0 fully saturated rings. The summed E-state index contributed by atoms with van der Waals surface area (Å²) in [6.07, 6.45) is 3.31. The lowest BCUT2D eigenvalue weighted by Gasteiger charge is -2.01. The molecule has 0 saturated heterocycles. The van der Waals surface area contributed by atoms with E-state index in [-0.39, 0.29) is 5.82 Å². The standard InChI is InChI=1S/C11H9FN2O/c12-9-1-3-10(4-2-9)14-6-5-8(7-14)11(13)15/h1-7H,(H2,13,15). The Labute approximate surface area is 85.9 Å². The normalized spacial score (nSPS) is 10.2. The van der Waals surface area contributed by atoms with E-state index in [4.69, 9.17) is 5.73 Å². The fourth-order valence-corrected chi connectivity index (χ4v) is 1.32. The third kappa shape index (κ3) is 1.88. The van der Waals surface area contributed by atoms with Crippen LogP contribution in [-0.4, -0.2) is 10.5 Å². The molecule has 0 radical (unpaired) electrons. The number of hydrogen-bond acceptors (Lipinski definition) is 1. The van der Waals surface area contributed by atoms with Gasteiger partial charge in [-0.3, -0.25) is 4.79 Å². The van der Waals surface area contributed by atoms with Crippen molar-refractivity contribution in [3.63, 3.8) is 0 Å². The molecule has 3 nitrogen and oxygen atoms in total. The summed E-state index contributed by atoms with van der Waals surface area (Å²) in [6, 6.07) is 7.59. The number of amides is 1. The molecule has 0 aliphatic heterocycles. The Morgan fingerprint density at radius 2 is 1.87 bits per heavy atom. The van der Waals surface area contributed by atoms with Gasteiger partial charge in [-0.25, -0.2) is 4.39 Å². The Kier molecular flexibility index (Phi) is 2.25. The van der Waals surface area contributed by atoms with E-state index in [1.165, 1.54) is 12.1 Å². The first kappa shape index (κ1) is 9.45. The number of rotatable bonds is 2. The summed E-state index contributed by atoms with van der Waals surface area (Å²) >= 11 is 0. The average molecular weight is 204 g/mol. The van der Waals surface area contributed by atoms with E-state index in [1.54, 1.807) is 35.2 Å². The van der Waals surface area contributed by atoms with Crippen molar-refractivity contribution in [1.82, 2.24) is 4.57 Å². The van der Waals surface area contributed by atoms with Crippen LogP contribution in [0.2, 0.25) is 0 Å². The van der Waals surface area contributed by atoms with Crippen LogP contribution in [0.4, 0.5) is 4.39 Å². The molecule has 0 spiro atoms. The van der Waals surface area contributed by atoms with Crippen molar-refractivity contribution in [2.45, 2.75) is 0 Å². The van der Waals surface area contributed by atoms with Crippen LogP contribution in [0.5, 0.6) is 0 Å². The number of benzene rings is 1. The molecule has 0 saturated carbocycles. The van der Waals surface area contributed by atoms with E-state index in [0.717, 1.165) is 5.69 Å². The molecule has 2 rings (SSSR count). The topological polar surface area (TPSA) is 48.0 Å². The minimum absolute atomic E-state index is 0.291. The molecule has 0 aliphatic carbocycles. The third-order valence-corrected chi connectivity index (χ3v) is 2.10. The van der Waals surface area contributed by atoms with E-state index < -0.39 is 5.91 Å². The van der Waals surface area contributed by atoms with Crippen molar-refractivity contribution in [1.29, 1.82) is 0 Å². The molecule has 1 aromatic heterocycles. The van der Waals surface area contributed by atoms with Gasteiger partial charge in [-0.05, 0) is 30.3 Å². The second-order valence-corrected chi connectivity index (χ2v) is 3.15. The van der Waals surface area contributed by atoms with E-state index in [9.17, 15) is 9.18 Å². The zero-order valence-corrected chi connectivity index (χ0v) is 7.85. The fourth-order valence-electron chi connectivity index (χ4n) is 1.32. The molecular weight excluding hydrogens is 195 g/mol. The molecular formula is C11H9FN2O. The van der Waals surface area contributed by atoms with Gasteiger partial charge in [-0.1, -0.05) is 0 Å². The molecule has 0 aliphatic rings. The molecule has 2 N–H and O–H groups in total. The Hall–Kier alpha value is -2.10. The van der Waals surface area contributed by atoms with Crippen molar-refractivity contribution in [3.05, 3.63) is 54.1 Å². The highest BCUT2D eigenvalue weighted by Gasteiger charge is 2.03. The molecule has 1 amide bonds. The summed E-state index contributed by atoms with van der Waals surface area (Å²) in [5.41, 5.74) is 6.33. The summed E-state index contributed by atoms with van der Waals surface area (Å²) in [5, 5.41) is 0. The summed E-state index contributed by atoms with van der Waals surface area (Å²) in [4.78, 5) is 10.8. The largest absolute Gasteiger partial charge is 0.366 e. The van der Waals surface area contributed by atoms with Gasteiger partial charge < -0.3 is 10.3 Å². The van der Waals surface area contributed by atoms with Gasteiger partial charge in [-0.15, -0.1) is 0 Å². The molecule has 2 aromatic rings. The third-order valence-electron chi connectivity index (χ3n) is 2.10. The quantitative estimate of drug-likeness (QED) is 0.795. The van der Waals surface area contributed by atoms with Crippen molar-refractivity contribution in [2.24, 2.45) is 5.73 Å². The molecule has 0 unspecified atom stereocenters. The number of carbonyl (C=O) groups excluding carboxylic acids is 1. The van der Waals surface area contributed by atoms with Crippen LogP contribution in [-0.2, 0) is 0 Å². The zero-order chi connectivity index (χ0) is 10.8. The first-order valence-corrected chi connectivity index (χ1v) is 4.40. The Balaban J connectivity index is 2.37. The second kappa shape index (κ2) is 3.57. The van der Waals surface area contributed by atoms with Gasteiger partial charge in [0.15, 0.2) is 0 Å². The number of halogens is 1. The molecule has 76 valence electrons. The van der Waals surface area contributed by atoms with Crippen LogP contribution in [0, 0.1) is 5.82 Å². The van der Waals surface area contributed by atoms with Gasteiger partial charge in [0.2, 0.25) is 5.91 Å².